The summed E-state index contributed by atoms with van der Waals surface area (Å²) in [7, 11) is 1.69. The molecule has 4 nitrogen and oxygen atoms in total. The minimum atomic E-state index is 0.577. The van der Waals surface area contributed by atoms with Gasteiger partial charge in [0.05, 0.1) is 7.11 Å². The number of ether oxygens (including phenoxy) is 1. The average Bonchev–Trinajstić information content (AvgIpc) is 2.76. The normalized spacial score (nSPS) is 15.4. The summed E-state index contributed by atoms with van der Waals surface area (Å²) >= 11 is 0. The van der Waals surface area contributed by atoms with Crippen molar-refractivity contribution in [3.63, 3.8) is 0 Å². The van der Waals surface area contributed by atoms with Gasteiger partial charge >= 0.3 is 0 Å². The van der Waals surface area contributed by atoms with Crippen molar-refractivity contribution in [1.29, 1.82) is 0 Å². The van der Waals surface area contributed by atoms with Gasteiger partial charge in [0.2, 0.25) is 0 Å². The second kappa shape index (κ2) is 4.80. The van der Waals surface area contributed by atoms with E-state index >= 15 is 0 Å². The molecule has 18 heavy (non-hydrogen) atoms. The van der Waals surface area contributed by atoms with Gasteiger partial charge in [-0.25, -0.2) is 4.98 Å². The van der Waals surface area contributed by atoms with Gasteiger partial charge in [0.25, 0.3) is 0 Å². The van der Waals surface area contributed by atoms with Crippen LogP contribution in [0.15, 0.2) is 24.3 Å². The van der Waals surface area contributed by atoms with Crippen LogP contribution in [-0.4, -0.2) is 22.3 Å². The fourth-order valence-corrected chi connectivity index (χ4v) is 2.27. The van der Waals surface area contributed by atoms with E-state index in [2.05, 4.69) is 21.2 Å². The molecule has 0 atom stereocenters. The standard InChI is InChI=1S/C14H17N3O/c1-18-12-8-3-2-5-11(12)9-13-15-14(17-16-13)10-6-4-7-10/h2-3,5,8,10H,4,6-7,9H2,1H3,(H,15,16,17). The van der Waals surface area contributed by atoms with Crippen LogP contribution in [-0.2, 0) is 6.42 Å². The predicted molar refractivity (Wildman–Crippen MR) is 68.8 cm³/mol. The third-order valence-corrected chi connectivity index (χ3v) is 3.57. The molecular weight excluding hydrogens is 226 g/mol. The van der Waals surface area contributed by atoms with Gasteiger partial charge in [-0.05, 0) is 18.9 Å². The SMILES string of the molecule is COc1ccccc1Cc1nc(C2CCC2)n[nH]1. The zero-order chi connectivity index (χ0) is 12.4. The zero-order valence-corrected chi connectivity index (χ0v) is 10.5. The van der Waals surface area contributed by atoms with Crippen molar-refractivity contribution in [2.45, 2.75) is 31.6 Å². The Balaban J connectivity index is 1.77. The van der Waals surface area contributed by atoms with Gasteiger partial charge in [0, 0.05) is 17.9 Å². The minimum Gasteiger partial charge on any atom is -0.496 e. The number of hydrogen-bond acceptors (Lipinski definition) is 3. The molecule has 0 aliphatic heterocycles. The number of H-pyrrole nitrogens is 1. The lowest BCUT2D eigenvalue weighted by Crippen LogP contribution is -2.10. The molecule has 3 rings (SSSR count). The van der Waals surface area contributed by atoms with E-state index in [1.807, 2.05) is 18.2 Å². The van der Waals surface area contributed by atoms with E-state index in [1.54, 1.807) is 7.11 Å². The summed E-state index contributed by atoms with van der Waals surface area (Å²) in [5.74, 6) is 3.37. The van der Waals surface area contributed by atoms with Crippen LogP contribution in [0.4, 0.5) is 0 Å². The van der Waals surface area contributed by atoms with E-state index in [0.717, 1.165) is 29.4 Å². The van der Waals surface area contributed by atoms with E-state index < -0.39 is 0 Å². The summed E-state index contributed by atoms with van der Waals surface area (Å²) in [5, 5.41) is 7.35. The summed E-state index contributed by atoms with van der Waals surface area (Å²) in [6, 6.07) is 8.02. The molecule has 1 saturated carbocycles. The average molecular weight is 243 g/mol. The number of rotatable bonds is 4. The first-order valence-corrected chi connectivity index (χ1v) is 6.40. The maximum Gasteiger partial charge on any atom is 0.153 e. The van der Waals surface area contributed by atoms with Crippen LogP contribution in [0, 0.1) is 0 Å². The van der Waals surface area contributed by atoms with Gasteiger partial charge in [-0.15, -0.1) is 0 Å². The van der Waals surface area contributed by atoms with Crippen molar-refractivity contribution < 1.29 is 4.74 Å². The first-order valence-electron chi connectivity index (χ1n) is 6.40. The topological polar surface area (TPSA) is 50.8 Å². The van der Waals surface area contributed by atoms with Crippen LogP contribution < -0.4 is 4.74 Å². The van der Waals surface area contributed by atoms with Crippen LogP contribution in [0.5, 0.6) is 5.75 Å². The molecule has 1 heterocycles. The van der Waals surface area contributed by atoms with Crippen LogP contribution >= 0.6 is 0 Å². The number of nitrogens with zero attached hydrogens (tertiary/aromatic N) is 2. The fraction of sp³-hybridized carbons (Fsp3) is 0.429. The van der Waals surface area contributed by atoms with E-state index in [9.17, 15) is 0 Å². The molecular formula is C14H17N3O. The second-order valence-corrected chi connectivity index (χ2v) is 4.76. The van der Waals surface area contributed by atoms with Gasteiger partial charge in [-0.1, -0.05) is 24.6 Å². The Kier molecular flexibility index (Phi) is 3.00. The van der Waals surface area contributed by atoms with Gasteiger partial charge in [-0.3, -0.25) is 5.10 Å². The van der Waals surface area contributed by atoms with Crippen LogP contribution in [0.3, 0.4) is 0 Å². The number of nitrogens with one attached hydrogen (secondary N) is 1. The summed E-state index contributed by atoms with van der Waals surface area (Å²) in [6.07, 6.45) is 4.50. The first kappa shape index (κ1) is 11.3. The molecule has 0 spiro atoms. The lowest BCUT2D eigenvalue weighted by Gasteiger charge is -2.21. The Morgan fingerprint density at radius 1 is 1.33 bits per heavy atom. The molecule has 0 unspecified atom stereocenters. The third kappa shape index (κ3) is 2.10. The summed E-state index contributed by atoms with van der Waals surface area (Å²) in [6.45, 7) is 0. The van der Waals surface area contributed by atoms with Gasteiger partial charge < -0.3 is 4.74 Å². The monoisotopic (exact) mass is 243 g/mol. The highest BCUT2D eigenvalue weighted by Gasteiger charge is 2.23. The summed E-state index contributed by atoms with van der Waals surface area (Å²) in [5.41, 5.74) is 1.14. The number of aromatic amines is 1. The third-order valence-electron chi connectivity index (χ3n) is 3.57. The second-order valence-electron chi connectivity index (χ2n) is 4.76. The smallest absolute Gasteiger partial charge is 0.153 e. The Bertz CT molecular complexity index is 531. The molecule has 94 valence electrons. The number of aromatic nitrogens is 3. The maximum absolute atomic E-state index is 5.34. The number of hydrogen-bond donors (Lipinski definition) is 1. The molecule has 1 aliphatic carbocycles. The minimum absolute atomic E-state index is 0.577. The molecule has 1 aliphatic rings. The van der Waals surface area contributed by atoms with Crippen LogP contribution in [0.2, 0.25) is 0 Å². The Morgan fingerprint density at radius 3 is 2.89 bits per heavy atom. The molecule has 0 radical (unpaired) electrons. The maximum atomic E-state index is 5.34. The zero-order valence-electron chi connectivity index (χ0n) is 10.5. The highest BCUT2D eigenvalue weighted by atomic mass is 16.5. The summed E-state index contributed by atoms with van der Waals surface area (Å²) in [4.78, 5) is 4.58. The van der Waals surface area contributed by atoms with Gasteiger partial charge in [-0.2, -0.15) is 5.10 Å². The predicted octanol–water partition coefficient (Wildman–Crippen LogP) is 2.67. The summed E-state index contributed by atoms with van der Waals surface area (Å²) < 4.78 is 5.34. The lowest BCUT2D eigenvalue weighted by atomic mass is 9.85. The Morgan fingerprint density at radius 2 is 2.17 bits per heavy atom. The Labute approximate surface area is 106 Å². The van der Waals surface area contributed by atoms with Crippen molar-refractivity contribution in [2.75, 3.05) is 7.11 Å². The molecule has 1 fully saturated rings. The van der Waals surface area contributed by atoms with Crippen molar-refractivity contribution in [2.24, 2.45) is 0 Å². The van der Waals surface area contributed by atoms with E-state index in [-0.39, 0.29) is 0 Å². The number of para-hydroxylation sites is 1. The number of methoxy groups -OCH3 is 1. The molecule has 2 aromatic rings. The molecule has 0 bridgehead atoms. The van der Waals surface area contributed by atoms with Crippen molar-refractivity contribution in [3.8, 4) is 5.75 Å². The van der Waals surface area contributed by atoms with E-state index in [1.165, 1.54) is 19.3 Å². The van der Waals surface area contributed by atoms with Crippen LogP contribution in [0.1, 0.15) is 42.4 Å². The largest absolute Gasteiger partial charge is 0.496 e. The lowest BCUT2D eigenvalue weighted by molar-refractivity contribution is 0.402. The first-order chi connectivity index (χ1) is 8.86. The fourth-order valence-electron chi connectivity index (χ4n) is 2.27. The van der Waals surface area contributed by atoms with Gasteiger partial charge in [0.15, 0.2) is 5.82 Å². The Hall–Kier alpha value is -1.84. The van der Waals surface area contributed by atoms with Crippen molar-refractivity contribution >= 4 is 0 Å². The quantitative estimate of drug-likeness (QED) is 0.898. The van der Waals surface area contributed by atoms with Gasteiger partial charge in [0.1, 0.15) is 11.6 Å². The molecule has 1 aromatic heterocycles. The van der Waals surface area contributed by atoms with Crippen LogP contribution in [0.25, 0.3) is 0 Å². The van der Waals surface area contributed by atoms with Crippen molar-refractivity contribution in [1.82, 2.24) is 15.2 Å². The highest BCUT2D eigenvalue weighted by molar-refractivity contribution is 5.35. The molecule has 4 heteroatoms. The number of benzene rings is 1. The molecule has 0 saturated heterocycles. The molecule has 1 aromatic carbocycles. The molecule has 1 N–H and O–H groups in total. The molecule has 0 amide bonds. The van der Waals surface area contributed by atoms with Crippen molar-refractivity contribution in [3.05, 3.63) is 41.5 Å². The highest BCUT2D eigenvalue weighted by Crippen LogP contribution is 2.34. The van der Waals surface area contributed by atoms with E-state index in [4.69, 9.17) is 4.74 Å². The van der Waals surface area contributed by atoms with E-state index in [0.29, 0.717) is 5.92 Å².